The van der Waals surface area contributed by atoms with E-state index in [2.05, 4.69) is 15.9 Å². The fourth-order valence-corrected chi connectivity index (χ4v) is 3.70. The third-order valence-electron chi connectivity index (χ3n) is 4.31. The van der Waals surface area contributed by atoms with Gasteiger partial charge >= 0.3 is 5.97 Å². The Morgan fingerprint density at radius 2 is 1.86 bits per heavy atom. The normalized spacial score (nSPS) is 24.5. The Hall–Kier alpha value is -1.69. The highest BCUT2D eigenvalue weighted by Gasteiger charge is 2.49. The Morgan fingerprint density at radius 3 is 2.38 bits per heavy atom. The predicted octanol–water partition coefficient (Wildman–Crippen LogP) is 2.43. The summed E-state index contributed by atoms with van der Waals surface area (Å²) in [6, 6.07) is 4.61. The number of hydrogen-bond donors (Lipinski definition) is 1. The van der Waals surface area contributed by atoms with Crippen LogP contribution in [0.25, 0.3) is 0 Å². The molecule has 1 aromatic rings. The molecule has 2 unspecified atom stereocenters. The van der Waals surface area contributed by atoms with Gasteiger partial charge in [0.25, 0.3) is 0 Å². The molecular formula is C15H14BrNO4. The number of carboxylic acid groups (broad SMARTS) is 1. The van der Waals surface area contributed by atoms with E-state index in [1.54, 1.807) is 6.07 Å². The van der Waals surface area contributed by atoms with E-state index < -0.39 is 5.97 Å². The summed E-state index contributed by atoms with van der Waals surface area (Å²) in [7, 11) is 0. The molecule has 0 bridgehead atoms. The maximum atomic E-state index is 12.3. The van der Waals surface area contributed by atoms with Crippen molar-refractivity contribution in [1.29, 1.82) is 0 Å². The zero-order valence-corrected chi connectivity index (χ0v) is 12.8. The molecule has 1 heterocycles. The molecule has 0 aromatic heterocycles. The first-order valence-corrected chi connectivity index (χ1v) is 7.65. The minimum Gasteiger partial charge on any atom is -0.478 e. The van der Waals surface area contributed by atoms with Crippen LogP contribution in [-0.4, -0.2) is 27.8 Å². The Bertz CT molecular complexity index is 621. The molecular weight excluding hydrogens is 338 g/mol. The quantitative estimate of drug-likeness (QED) is 0.848. The fourth-order valence-electron chi connectivity index (χ4n) is 3.19. The number of carbonyl (C=O) groups excluding carboxylic acids is 2. The number of rotatable bonds is 3. The molecule has 110 valence electrons. The predicted molar refractivity (Wildman–Crippen MR) is 77.5 cm³/mol. The fraction of sp³-hybridized carbons (Fsp3) is 0.400. The highest BCUT2D eigenvalue weighted by molar-refractivity contribution is 9.10. The van der Waals surface area contributed by atoms with Crippen LogP contribution in [0.2, 0.25) is 0 Å². The van der Waals surface area contributed by atoms with E-state index in [4.69, 9.17) is 5.11 Å². The van der Waals surface area contributed by atoms with Crippen LogP contribution in [0, 0.1) is 11.8 Å². The molecule has 0 radical (unpaired) electrons. The number of imide groups is 1. The molecule has 21 heavy (non-hydrogen) atoms. The molecule has 6 heteroatoms. The monoisotopic (exact) mass is 351 g/mol. The van der Waals surface area contributed by atoms with Crippen molar-refractivity contribution in [2.24, 2.45) is 11.8 Å². The van der Waals surface area contributed by atoms with Gasteiger partial charge in [-0.3, -0.25) is 14.5 Å². The second-order valence-electron chi connectivity index (χ2n) is 5.52. The molecule has 1 N–H and O–H groups in total. The zero-order chi connectivity index (χ0) is 15.1. The third-order valence-corrected chi connectivity index (χ3v) is 5.05. The van der Waals surface area contributed by atoms with E-state index in [0.717, 1.165) is 24.8 Å². The minimum absolute atomic E-state index is 0.0864. The van der Waals surface area contributed by atoms with E-state index in [0.29, 0.717) is 4.47 Å². The Kier molecular flexibility index (Phi) is 3.57. The van der Waals surface area contributed by atoms with Crippen molar-refractivity contribution >= 4 is 33.7 Å². The van der Waals surface area contributed by atoms with Crippen LogP contribution in [0.15, 0.2) is 22.7 Å². The van der Waals surface area contributed by atoms with Gasteiger partial charge in [-0.1, -0.05) is 28.4 Å². The van der Waals surface area contributed by atoms with E-state index in [1.807, 2.05) is 0 Å². The molecule has 3 rings (SSSR count). The number of hydrogen-bond acceptors (Lipinski definition) is 3. The number of benzene rings is 1. The lowest BCUT2D eigenvalue weighted by Crippen LogP contribution is -2.31. The summed E-state index contributed by atoms with van der Waals surface area (Å²) in [5.74, 6) is -1.47. The molecule has 0 spiro atoms. The summed E-state index contributed by atoms with van der Waals surface area (Å²) in [6.45, 7) is 0.200. The van der Waals surface area contributed by atoms with Gasteiger partial charge in [-0.05, 0) is 30.5 Å². The molecule has 2 atom stereocenters. The standard InChI is InChI=1S/C15H14BrNO4/c16-12-6-8(15(20)21)4-5-9(12)7-17-13(18)10-2-1-3-11(10)14(17)19/h4-6,10-11H,1-3,7H2,(H,20,21). The average molecular weight is 352 g/mol. The number of likely N-dealkylation sites (tertiary alicyclic amines) is 1. The number of carbonyl (C=O) groups is 3. The van der Waals surface area contributed by atoms with Crippen LogP contribution in [0.1, 0.15) is 35.2 Å². The lowest BCUT2D eigenvalue weighted by Gasteiger charge is -2.17. The molecule has 1 aromatic carbocycles. The average Bonchev–Trinajstić information content (AvgIpc) is 3.00. The van der Waals surface area contributed by atoms with Crippen LogP contribution in [-0.2, 0) is 16.1 Å². The van der Waals surface area contributed by atoms with Crippen molar-refractivity contribution < 1.29 is 19.5 Å². The maximum absolute atomic E-state index is 12.3. The number of nitrogens with zero attached hydrogens (tertiary/aromatic N) is 1. The molecule has 1 aliphatic heterocycles. The van der Waals surface area contributed by atoms with Crippen molar-refractivity contribution in [3.05, 3.63) is 33.8 Å². The number of halogens is 1. The first-order chi connectivity index (χ1) is 9.99. The highest BCUT2D eigenvalue weighted by Crippen LogP contribution is 2.40. The number of fused-ring (bicyclic) bond motifs is 1. The summed E-state index contributed by atoms with van der Waals surface area (Å²) in [5, 5.41) is 8.94. The molecule has 2 aliphatic rings. The molecule has 1 aliphatic carbocycles. The second kappa shape index (κ2) is 5.26. The van der Waals surface area contributed by atoms with E-state index >= 15 is 0 Å². The zero-order valence-electron chi connectivity index (χ0n) is 11.2. The van der Waals surface area contributed by atoms with Gasteiger partial charge in [0, 0.05) is 4.47 Å². The van der Waals surface area contributed by atoms with Crippen molar-refractivity contribution in [3.63, 3.8) is 0 Å². The number of aromatic carboxylic acids is 1. The van der Waals surface area contributed by atoms with Crippen LogP contribution in [0.3, 0.4) is 0 Å². The van der Waals surface area contributed by atoms with Gasteiger partial charge < -0.3 is 5.11 Å². The molecule has 2 amide bonds. The van der Waals surface area contributed by atoms with Gasteiger partial charge in [0.15, 0.2) is 0 Å². The van der Waals surface area contributed by atoms with Crippen molar-refractivity contribution in [1.82, 2.24) is 4.90 Å². The van der Waals surface area contributed by atoms with Gasteiger partial charge in [-0.15, -0.1) is 0 Å². The summed E-state index contributed by atoms with van der Waals surface area (Å²) in [4.78, 5) is 36.8. The smallest absolute Gasteiger partial charge is 0.335 e. The van der Waals surface area contributed by atoms with E-state index in [-0.39, 0.29) is 35.8 Å². The maximum Gasteiger partial charge on any atom is 0.335 e. The van der Waals surface area contributed by atoms with Gasteiger partial charge in [0.2, 0.25) is 11.8 Å². The van der Waals surface area contributed by atoms with Crippen LogP contribution in [0.5, 0.6) is 0 Å². The van der Waals surface area contributed by atoms with Crippen LogP contribution >= 0.6 is 15.9 Å². The van der Waals surface area contributed by atoms with Crippen LogP contribution in [0.4, 0.5) is 0 Å². The van der Waals surface area contributed by atoms with Gasteiger partial charge in [0.05, 0.1) is 23.9 Å². The first kappa shape index (κ1) is 14.3. The van der Waals surface area contributed by atoms with Crippen molar-refractivity contribution in [2.45, 2.75) is 25.8 Å². The minimum atomic E-state index is -1.01. The number of carboxylic acids is 1. The van der Waals surface area contributed by atoms with Crippen molar-refractivity contribution in [3.8, 4) is 0 Å². The summed E-state index contributed by atoms with van der Waals surface area (Å²) < 4.78 is 0.597. The number of amides is 2. The van der Waals surface area contributed by atoms with Crippen molar-refractivity contribution in [2.75, 3.05) is 0 Å². The lowest BCUT2D eigenvalue weighted by atomic mass is 10.00. The van der Waals surface area contributed by atoms with Gasteiger partial charge in [-0.2, -0.15) is 0 Å². The highest BCUT2D eigenvalue weighted by atomic mass is 79.9. The van der Waals surface area contributed by atoms with Gasteiger partial charge in [0.1, 0.15) is 0 Å². The summed E-state index contributed by atoms with van der Waals surface area (Å²) >= 11 is 3.31. The van der Waals surface area contributed by atoms with E-state index in [9.17, 15) is 14.4 Å². The third kappa shape index (κ3) is 2.37. The Morgan fingerprint density at radius 1 is 1.24 bits per heavy atom. The Balaban J connectivity index is 1.82. The summed E-state index contributed by atoms with van der Waals surface area (Å²) in [5.41, 5.74) is 0.906. The SMILES string of the molecule is O=C(O)c1ccc(CN2C(=O)C3CCCC3C2=O)c(Br)c1. The summed E-state index contributed by atoms with van der Waals surface area (Å²) in [6.07, 6.45) is 2.54. The first-order valence-electron chi connectivity index (χ1n) is 6.86. The largest absolute Gasteiger partial charge is 0.478 e. The molecule has 1 saturated heterocycles. The van der Waals surface area contributed by atoms with Crippen LogP contribution < -0.4 is 0 Å². The molecule has 5 nitrogen and oxygen atoms in total. The lowest BCUT2D eigenvalue weighted by molar-refractivity contribution is -0.141. The van der Waals surface area contributed by atoms with Gasteiger partial charge in [-0.25, -0.2) is 4.79 Å². The topological polar surface area (TPSA) is 74.7 Å². The molecule has 1 saturated carbocycles. The van der Waals surface area contributed by atoms with E-state index in [1.165, 1.54) is 17.0 Å². The second-order valence-corrected chi connectivity index (χ2v) is 6.37. The molecule has 2 fully saturated rings. The Labute approximate surface area is 130 Å².